The number of hydrogen-bond donors (Lipinski definition) is 1. The highest BCUT2D eigenvalue weighted by molar-refractivity contribution is 5.93. The fourth-order valence-electron chi connectivity index (χ4n) is 3.04. The standard InChI is InChI=1S/C18H16F3N5O/c1-10-7-13(12-3-2-6-22-8-12)25-26-14(9-23-16(10)26)17(27)24-15(11-4-5-11)18(19,20)21/h2-3,6-9,11,15H,4-5H2,1H3,(H,24,27). The van der Waals surface area contributed by atoms with Gasteiger partial charge in [-0.05, 0) is 49.4 Å². The highest BCUT2D eigenvalue weighted by Gasteiger charge is 2.49. The number of imidazole rings is 1. The number of amides is 1. The zero-order chi connectivity index (χ0) is 19.2. The van der Waals surface area contributed by atoms with Gasteiger partial charge < -0.3 is 5.32 Å². The number of nitrogens with zero attached hydrogens (tertiary/aromatic N) is 4. The normalized spacial score (nSPS) is 15.7. The molecule has 0 bridgehead atoms. The van der Waals surface area contributed by atoms with Crippen molar-refractivity contribution in [3.63, 3.8) is 0 Å². The Kier molecular flexibility index (Phi) is 4.09. The second kappa shape index (κ2) is 6.33. The molecular weight excluding hydrogens is 359 g/mol. The van der Waals surface area contributed by atoms with Gasteiger partial charge in [-0.1, -0.05) is 0 Å². The van der Waals surface area contributed by atoms with Gasteiger partial charge in [0.1, 0.15) is 6.04 Å². The van der Waals surface area contributed by atoms with Gasteiger partial charge in [-0.3, -0.25) is 9.78 Å². The summed E-state index contributed by atoms with van der Waals surface area (Å²) in [6.07, 6.45) is 0.928. The molecule has 0 aliphatic heterocycles. The minimum absolute atomic E-state index is 0.0336. The Hall–Kier alpha value is -2.97. The number of fused-ring (bicyclic) bond motifs is 1. The first kappa shape index (κ1) is 17.4. The molecular formula is C18H16F3N5O. The van der Waals surface area contributed by atoms with Crippen molar-refractivity contribution in [2.75, 3.05) is 0 Å². The minimum Gasteiger partial charge on any atom is -0.339 e. The summed E-state index contributed by atoms with van der Waals surface area (Å²) in [7, 11) is 0. The van der Waals surface area contributed by atoms with Gasteiger partial charge in [-0.25, -0.2) is 9.50 Å². The molecule has 1 saturated carbocycles. The predicted octanol–water partition coefficient (Wildman–Crippen LogP) is 3.17. The van der Waals surface area contributed by atoms with Crippen LogP contribution >= 0.6 is 0 Å². The number of nitrogens with one attached hydrogen (secondary N) is 1. The first-order chi connectivity index (χ1) is 12.8. The van der Waals surface area contributed by atoms with E-state index >= 15 is 0 Å². The molecule has 3 aromatic heterocycles. The van der Waals surface area contributed by atoms with Crippen LogP contribution in [0, 0.1) is 12.8 Å². The molecule has 27 heavy (non-hydrogen) atoms. The van der Waals surface area contributed by atoms with E-state index < -0.39 is 24.0 Å². The van der Waals surface area contributed by atoms with Gasteiger partial charge in [0.15, 0.2) is 11.3 Å². The van der Waals surface area contributed by atoms with E-state index in [1.54, 1.807) is 31.5 Å². The van der Waals surface area contributed by atoms with Crippen LogP contribution in [0.3, 0.4) is 0 Å². The number of carbonyl (C=O) groups excluding carboxylic acids is 1. The average Bonchev–Trinajstić information content (AvgIpc) is 3.37. The zero-order valence-corrected chi connectivity index (χ0v) is 14.4. The SMILES string of the molecule is Cc1cc(-c2cccnc2)nn2c(C(=O)NC(C3CC3)C(F)(F)F)cnc12. The summed E-state index contributed by atoms with van der Waals surface area (Å²) in [5, 5.41) is 6.50. The van der Waals surface area contributed by atoms with Gasteiger partial charge in [0.05, 0.1) is 11.9 Å². The Morgan fingerprint density at radius 3 is 2.74 bits per heavy atom. The molecule has 3 aromatic rings. The van der Waals surface area contributed by atoms with Crippen molar-refractivity contribution < 1.29 is 18.0 Å². The highest BCUT2D eigenvalue weighted by atomic mass is 19.4. The van der Waals surface area contributed by atoms with E-state index in [0.29, 0.717) is 24.2 Å². The molecule has 0 spiro atoms. The number of pyridine rings is 1. The van der Waals surface area contributed by atoms with Crippen LogP contribution in [0.1, 0.15) is 28.9 Å². The van der Waals surface area contributed by atoms with Gasteiger partial charge in [0.2, 0.25) is 0 Å². The molecule has 1 atom stereocenters. The van der Waals surface area contributed by atoms with Crippen molar-refractivity contribution in [1.82, 2.24) is 24.9 Å². The molecule has 1 amide bonds. The van der Waals surface area contributed by atoms with Crippen LogP contribution in [0.5, 0.6) is 0 Å². The Labute approximate surface area is 152 Å². The maximum atomic E-state index is 13.2. The summed E-state index contributed by atoms with van der Waals surface area (Å²) in [5.74, 6) is -1.40. The smallest absolute Gasteiger partial charge is 0.339 e. The number of alkyl halides is 3. The lowest BCUT2D eigenvalue weighted by molar-refractivity contribution is -0.158. The van der Waals surface area contributed by atoms with E-state index in [2.05, 4.69) is 20.4 Å². The second-order valence-electron chi connectivity index (χ2n) is 6.66. The lowest BCUT2D eigenvalue weighted by atomic mass is 10.1. The molecule has 1 unspecified atom stereocenters. The molecule has 6 nitrogen and oxygen atoms in total. The summed E-state index contributed by atoms with van der Waals surface area (Å²) in [4.78, 5) is 20.7. The summed E-state index contributed by atoms with van der Waals surface area (Å²) in [5.41, 5.74) is 2.41. The van der Waals surface area contributed by atoms with E-state index in [4.69, 9.17) is 0 Å². The van der Waals surface area contributed by atoms with Gasteiger partial charge in [0, 0.05) is 18.0 Å². The van der Waals surface area contributed by atoms with Gasteiger partial charge in [-0.15, -0.1) is 0 Å². The van der Waals surface area contributed by atoms with Crippen LogP contribution in [0.4, 0.5) is 13.2 Å². The molecule has 1 aliphatic carbocycles. The largest absolute Gasteiger partial charge is 0.408 e. The molecule has 4 rings (SSSR count). The van der Waals surface area contributed by atoms with Crippen LogP contribution in [0.2, 0.25) is 0 Å². The van der Waals surface area contributed by atoms with Crippen molar-refractivity contribution in [2.24, 2.45) is 5.92 Å². The Balaban J connectivity index is 1.71. The Morgan fingerprint density at radius 1 is 1.33 bits per heavy atom. The zero-order valence-electron chi connectivity index (χ0n) is 14.4. The second-order valence-corrected chi connectivity index (χ2v) is 6.66. The number of carbonyl (C=O) groups is 1. The first-order valence-electron chi connectivity index (χ1n) is 8.48. The van der Waals surface area contributed by atoms with E-state index in [-0.39, 0.29) is 5.69 Å². The van der Waals surface area contributed by atoms with Crippen molar-refractivity contribution in [3.8, 4) is 11.3 Å². The number of hydrogen-bond acceptors (Lipinski definition) is 4. The van der Waals surface area contributed by atoms with Crippen molar-refractivity contribution in [2.45, 2.75) is 32.0 Å². The maximum Gasteiger partial charge on any atom is 0.408 e. The molecule has 0 aromatic carbocycles. The summed E-state index contributed by atoms with van der Waals surface area (Å²) >= 11 is 0. The fourth-order valence-corrected chi connectivity index (χ4v) is 3.04. The minimum atomic E-state index is -4.48. The lowest BCUT2D eigenvalue weighted by Gasteiger charge is -2.21. The van der Waals surface area contributed by atoms with Crippen molar-refractivity contribution in [1.29, 1.82) is 0 Å². The van der Waals surface area contributed by atoms with Gasteiger partial charge in [0.25, 0.3) is 5.91 Å². The monoisotopic (exact) mass is 375 g/mol. The van der Waals surface area contributed by atoms with Crippen molar-refractivity contribution in [3.05, 3.63) is 48.0 Å². The Morgan fingerprint density at radius 2 is 2.11 bits per heavy atom. The summed E-state index contributed by atoms with van der Waals surface area (Å²) in [6, 6.07) is 3.51. The number of rotatable bonds is 4. The lowest BCUT2D eigenvalue weighted by Crippen LogP contribution is -2.47. The molecule has 0 radical (unpaired) electrons. The van der Waals surface area contributed by atoms with E-state index in [1.807, 2.05) is 6.07 Å². The van der Waals surface area contributed by atoms with Crippen molar-refractivity contribution >= 4 is 11.6 Å². The maximum absolute atomic E-state index is 13.2. The number of aromatic nitrogens is 4. The summed E-state index contributed by atoms with van der Waals surface area (Å²) < 4.78 is 40.9. The average molecular weight is 375 g/mol. The first-order valence-corrected chi connectivity index (χ1v) is 8.48. The van der Waals surface area contributed by atoms with Crippen LogP contribution in [0.15, 0.2) is 36.8 Å². The molecule has 1 fully saturated rings. The fraction of sp³-hybridized carbons (Fsp3) is 0.333. The van der Waals surface area contributed by atoms with E-state index in [1.165, 1.54) is 10.7 Å². The third kappa shape index (κ3) is 3.36. The Bertz CT molecular complexity index is 995. The third-order valence-electron chi connectivity index (χ3n) is 4.57. The van der Waals surface area contributed by atoms with Gasteiger partial charge in [-0.2, -0.15) is 18.3 Å². The van der Waals surface area contributed by atoms with E-state index in [9.17, 15) is 18.0 Å². The molecule has 1 N–H and O–H groups in total. The third-order valence-corrected chi connectivity index (χ3v) is 4.57. The van der Waals surface area contributed by atoms with Crippen LogP contribution in [-0.2, 0) is 0 Å². The molecule has 9 heteroatoms. The van der Waals surface area contributed by atoms with Gasteiger partial charge >= 0.3 is 6.18 Å². The highest BCUT2D eigenvalue weighted by Crippen LogP contribution is 2.40. The topological polar surface area (TPSA) is 72.2 Å². The van der Waals surface area contributed by atoms with Crippen LogP contribution in [0.25, 0.3) is 16.9 Å². The van der Waals surface area contributed by atoms with Crippen LogP contribution in [-0.4, -0.2) is 37.7 Å². The molecule has 140 valence electrons. The summed E-state index contributed by atoms with van der Waals surface area (Å²) in [6.45, 7) is 1.80. The van der Waals surface area contributed by atoms with E-state index in [0.717, 1.165) is 11.1 Å². The molecule has 0 saturated heterocycles. The predicted molar refractivity (Wildman–Crippen MR) is 91.0 cm³/mol. The van der Waals surface area contributed by atoms with Crippen LogP contribution < -0.4 is 5.32 Å². The number of aryl methyl sites for hydroxylation is 1. The number of halogens is 3. The quantitative estimate of drug-likeness (QED) is 0.760. The molecule has 3 heterocycles. The molecule has 1 aliphatic rings.